The highest BCUT2D eigenvalue weighted by molar-refractivity contribution is 14.1. The Labute approximate surface area is 179 Å². The third-order valence-corrected chi connectivity index (χ3v) is 5.87. The van der Waals surface area contributed by atoms with Gasteiger partial charge in [0.15, 0.2) is 5.82 Å². The molecular formula is C15H18ClIN6OS2. The molecule has 0 unspecified atom stereocenters. The number of halogens is 2. The number of hydrazine groups is 1. The van der Waals surface area contributed by atoms with Gasteiger partial charge in [-0.1, -0.05) is 17.7 Å². The normalized spacial score (nSPS) is 14.2. The van der Waals surface area contributed by atoms with Crippen LogP contribution in [0.4, 0.5) is 5.82 Å². The summed E-state index contributed by atoms with van der Waals surface area (Å²) in [7, 11) is 0. The summed E-state index contributed by atoms with van der Waals surface area (Å²) in [5, 5.41) is 5.46. The molecule has 0 spiro atoms. The van der Waals surface area contributed by atoms with Crippen LogP contribution < -0.4 is 20.8 Å². The first-order valence-electron chi connectivity index (χ1n) is 7.82. The molecule has 140 valence electrons. The standard InChI is InChI=1S/C15H18ClIN6OS2/c16-12-6-5-11(25-12)10-22(13-4-1-2-7-19-13)9-3-8-20-15-14(18)26-21-23(15)24-17/h1-2,4-7,20-21H,3,8-10,18H2. The Kier molecular flexibility index (Phi) is 7.52. The van der Waals surface area contributed by atoms with E-state index >= 15 is 0 Å². The molecule has 0 saturated carbocycles. The van der Waals surface area contributed by atoms with Crippen molar-refractivity contribution in [2.24, 2.45) is 5.73 Å². The predicted molar refractivity (Wildman–Crippen MR) is 116 cm³/mol. The second-order valence-corrected chi connectivity index (χ2v) is 8.39. The van der Waals surface area contributed by atoms with Crippen molar-refractivity contribution in [3.63, 3.8) is 0 Å². The number of nitrogens with two attached hydrogens (primary N) is 1. The van der Waals surface area contributed by atoms with E-state index in [0.717, 1.165) is 42.0 Å². The van der Waals surface area contributed by atoms with Crippen molar-refractivity contribution in [1.29, 1.82) is 0 Å². The van der Waals surface area contributed by atoms with Crippen LogP contribution in [-0.2, 0) is 9.71 Å². The van der Waals surface area contributed by atoms with Gasteiger partial charge in [-0.25, -0.2) is 4.98 Å². The molecule has 0 fully saturated rings. The first-order valence-corrected chi connectivity index (χ1v) is 10.7. The van der Waals surface area contributed by atoms with Crippen molar-refractivity contribution in [3.8, 4) is 0 Å². The number of rotatable bonds is 9. The third-order valence-electron chi connectivity index (χ3n) is 3.59. The van der Waals surface area contributed by atoms with E-state index in [0.29, 0.717) is 5.03 Å². The monoisotopic (exact) mass is 524 g/mol. The molecule has 0 saturated heterocycles. The molecule has 1 aliphatic rings. The van der Waals surface area contributed by atoms with Gasteiger partial charge in [-0.3, -0.25) is 0 Å². The molecule has 0 amide bonds. The van der Waals surface area contributed by atoms with Gasteiger partial charge in [0, 0.05) is 24.2 Å². The van der Waals surface area contributed by atoms with Gasteiger partial charge in [-0.2, -0.15) is 3.17 Å². The zero-order valence-electron chi connectivity index (χ0n) is 13.7. The van der Waals surface area contributed by atoms with E-state index in [4.69, 9.17) is 20.5 Å². The van der Waals surface area contributed by atoms with Crippen LogP contribution in [-0.4, -0.2) is 23.2 Å². The lowest BCUT2D eigenvalue weighted by Gasteiger charge is -2.24. The van der Waals surface area contributed by atoms with Crippen molar-refractivity contribution in [1.82, 2.24) is 20.3 Å². The molecule has 1 aliphatic heterocycles. The summed E-state index contributed by atoms with van der Waals surface area (Å²) >= 11 is 10.8. The minimum absolute atomic E-state index is 0.650. The summed E-state index contributed by atoms with van der Waals surface area (Å²) in [5.74, 6) is 1.69. The van der Waals surface area contributed by atoms with Crippen molar-refractivity contribution in [3.05, 3.63) is 56.6 Å². The average molecular weight is 525 g/mol. The highest BCUT2D eigenvalue weighted by Crippen LogP contribution is 2.25. The topological polar surface area (TPSA) is 78.7 Å². The second-order valence-electron chi connectivity index (χ2n) is 5.37. The number of pyridine rings is 1. The summed E-state index contributed by atoms with van der Waals surface area (Å²) < 4.78 is 5.96. The van der Waals surface area contributed by atoms with Crippen molar-refractivity contribution in [2.75, 3.05) is 18.0 Å². The van der Waals surface area contributed by atoms with Crippen LogP contribution in [0.15, 0.2) is 47.4 Å². The minimum atomic E-state index is 0.650. The molecule has 11 heteroatoms. The lowest BCUT2D eigenvalue weighted by molar-refractivity contribution is 0.00526. The van der Waals surface area contributed by atoms with Gasteiger partial charge < -0.3 is 16.0 Å². The lowest BCUT2D eigenvalue weighted by Crippen LogP contribution is -2.34. The Hall–Kier alpha value is -0.920. The van der Waals surface area contributed by atoms with Crippen LogP contribution in [0.5, 0.6) is 0 Å². The summed E-state index contributed by atoms with van der Waals surface area (Å²) in [4.78, 5) is 10.9. The molecule has 0 bridgehead atoms. The van der Waals surface area contributed by atoms with Crippen LogP contribution in [0.2, 0.25) is 4.34 Å². The second kappa shape index (κ2) is 9.85. The molecular weight excluding hydrogens is 507 g/mol. The maximum absolute atomic E-state index is 6.06. The predicted octanol–water partition coefficient (Wildman–Crippen LogP) is 3.62. The van der Waals surface area contributed by atoms with Gasteiger partial charge in [-0.15, -0.1) is 21.3 Å². The highest BCUT2D eigenvalue weighted by atomic mass is 127. The van der Waals surface area contributed by atoms with E-state index in [-0.39, 0.29) is 0 Å². The number of aromatic nitrogens is 1. The molecule has 7 nitrogen and oxygen atoms in total. The van der Waals surface area contributed by atoms with Crippen LogP contribution in [0, 0.1) is 0 Å². The van der Waals surface area contributed by atoms with Crippen LogP contribution >= 0.6 is 57.9 Å². The van der Waals surface area contributed by atoms with Gasteiger partial charge in [-0.05, 0) is 42.6 Å². The largest absolute Gasteiger partial charge is 0.389 e. The molecule has 0 aromatic carbocycles. The Morgan fingerprint density at radius 3 is 2.96 bits per heavy atom. The fraction of sp³-hybridized carbons (Fsp3) is 0.267. The summed E-state index contributed by atoms with van der Waals surface area (Å²) in [6, 6.07) is 9.93. The molecule has 0 radical (unpaired) electrons. The number of thiophene rings is 1. The first kappa shape index (κ1) is 19.8. The van der Waals surface area contributed by atoms with E-state index in [1.807, 2.05) is 30.5 Å². The summed E-state index contributed by atoms with van der Waals surface area (Å²) in [6.07, 6.45) is 2.72. The Morgan fingerprint density at radius 2 is 2.27 bits per heavy atom. The molecule has 2 aromatic rings. The maximum Gasteiger partial charge on any atom is 0.178 e. The Balaban J connectivity index is 1.57. The Bertz CT molecular complexity index is 747. The van der Waals surface area contributed by atoms with E-state index in [1.165, 1.54) is 22.0 Å². The lowest BCUT2D eigenvalue weighted by atomic mass is 10.3. The minimum Gasteiger partial charge on any atom is -0.389 e. The molecule has 2 aromatic heterocycles. The van der Waals surface area contributed by atoms with E-state index < -0.39 is 0 Å². The van der Waals surface area contributed by atoms with Gasteiger partial charge >= 0.3 is 0 Å². The molecule has 3 rings (SSSR count). The van der Waals surface area contributed by atoms with Gasteiger partial charge in [0.1, 0.15) is 33.9 Å². The molecule has 0 atom stereocenters. The summed E-state index contributed by atoms with van der Waals surface area (Å²) in [6.45, 7) is 2.38. The number of nitrogens with zero attached hydrogens (tertiary/aromatic N) is 3. The zero-order chi connectivity index (χ0) is 18.4. The highest BCUT2D eigenvalue weighted by Gasteiger charge is 2.21. The molecule has 4 N–H and O–H groups in total. The van der Waals surface area contributed by atoms with E-state index in [9.17, 15) is 0 Å². The average Bonchev–Trinajstić information content (AvgIpc) is 3.23. The first-order chi connectivity index (χ1) is 12.7. The number of hydrogen-bond acceptors (Lipinski definition) is 9. The number of hydroxylamine groups is 1. The van der Waals surface area contributed by atoms with Crippen molar-refractivity contribution >= 4 is 63.7 Å². The number of nitrogens with one attached hydrogen (secondary N) is 2. The van der Waals surface area contributed by atoms with Crippen LogP contribution in [0.25, 0.3) is 0 Å². The number of hydrogen-bond donors (Lipinski definition) is 3. The van der Waals surface area contributed by atoms with Crippen LogP contribution in [0.3, 0.4) is 0 Å². The van der Waals surface area contributed by atoms with E-state index in [2.05, 4.69) is 26.1 Å². The van der Waals surface area contributed by atoms with Gasteiger partial charge in [0.2, 0.25) is 0 Å². The summed E-state index contributed by atoms with van der Waals surface area (Å²) in [5.41, 5.74) is 5.94. The zero-order valence-corrected chi connectivity index (χ0v) is 18.2. The fourth-order valence-corrected chi connectivity index (χ4v) is 4.50. The van der Waals surface area contributed by atoms with E-state index in [1.54, 1.807) is 34.3 Å². The molecule has 3 heterocycles. The maximum atomic E-state index is 6.06. The smallest absolute Gasteiger partial charge is 0.178 e. The van der Waals surface area contributed by atoms with Gasteiger partial charge in [0.05, 0.1) is 10.9 Å². The van der Waals surface area contributed by atoms with Crippen LogP contribution in [0.1, 0.15) is 11.3 Å². The quantitative estimate of drug-likeness (QED) is 0.261. The van der Waals surface area contributed by atoms with Gasteiger partial charge in [0.25, 0.3) is 0 Å². The molecule has 0 aliphatic carbocycles. The fourth-order valence-electron chi connectivity index (χ4n) is 2.41. The Morgan fingerprint density at radius 1 is 1.38 bits per heavy atom. The molecule has 26 heavy (non-hydrogen) atoms. The number of anilines is 1. The third kappa shape index (κ3) is 5.30. The van der Waals surface area contributed by atoms with Crippen molar-refractivity contribution < 1.29 is 3.17 Å². The van der Waals surface area contributed by atoms with Crippen molar-refractivity contribution in [2.45, 2.75) is 13.0 Å². The SMILES string of the molecule is NC1=C(NCCCN(Cc2ccc(Cl)s2)c2ccccn2)N(OI)NS1.